The van der Waals surface area contributed by atoms with Gasteiger partial charge in [0, 0.05) is 27.5 Å². The molecule has 0 saturated carbocycles. The van der Waals surface area contributed by atoms with Crippen molar-refractivity contribution in [1.82, 2.24) is 24.5 Å². The molecule has 6 heteroatoms. The molecule has 0 radical (unpaired) electrons. The molecule has 0 atom stereocenters. The van der Waals surface area contributed by atoms with Gasteiger partial charge in [0.2, 0.25) is 11.8 Å². The maximum Gasteiger partial charge on any atom is 0.238 e. The predicted molar refractivity (Wildman–Crippen MR) is 193 cm³/mol. The largest absolute Gasteiger partial charge is 0.435 e. The van der Waals surface area contributed by atoms with E-state index in [9.17, 15) is 0 Å². The Labute approximate surface area is 274 Å². The summed E-state index contributed by atoms with van der Waals surface area (Å²) in [6.45, 7) is 0. The molecule has 0 saturated heterocycles. The molecule has 0 amide bonds. The van der Waals surface area contributed by atoms with Gasteiger partial charge >= 0.3 is 0 Å². The molecule has 0 bridgehead atoms. The molecular weight excluding hydrogens is 590 g/mol. The van der Waals surface area contributed by atoms with Crippen molar-refractivity contribution in [3.63, 3.8) is 0 Å². The fourth-order valence-electron chi connectivity index (χ4n) is 6.95. The Morgan fingerprint density at radius 1 is 0.417 bits per heavy atom. The van der Waals surface area contributed by atoms with E-state index in [4.69, 9.17) is 24.4 Å². The maximum atomic E-state index is 6.69. The molecule has 0 unspecified atom stereocenters. The van der Waals surface area contributed by atoms with Crippen LogP contribution in [0, 0.1) is 0 Å². The van der Waals surface area contributed by atoms with Crippen LogP contribution in [-0.2, 0) is 0 Å². The third-order valence-corrected chi connectivity index (χ3v) is 9.06. The van der Waals surface area contributed by atoms with Gasteiger partial charge in [0.25, 0.3) is 0 Å². The second-order valence-corrected chi connectivity index (χ2v) is 11.9. The molecule has 0 aliphatic rings. The molecule has 224 valence electrons. The highest BCUT2D eigenvalue weighted by Gasteiger charge is 2.25. The molecule has 0 fully saturated rings. The zero-order chi connectivity index (χ0) is 31.6. The Morgan fingerprint density at radius 2 is 0.938 bits per heavy atom. The van der Waals surface area contributed by atoms with E-state index < -0.39 is 0 Å². The molecule has 10 rings (SSSR count). The third-order valence-electron chi connectivity index (χ3n) is 9.06. The molecule has 0 aliphatic carbocycles. The summed E-state index contributed by atoms with van der Waals surface area (Å²) in [4.78, 5) is 20.3. The molecule has 3 aromatic heterocycles. The SMILES string of the molecule is c1ccc(-c2nc(-c3ccccc3)nc(-n3c4ccc5nc(-c6ccccc6)oc5c4c4c5ccccc5c5ccccc5c43)n2)cc1. The van der Waals surface area contributed by atoms with E-state index in [1.54, 1.807) is 0 Å². The van der Waals surface area contributed by atoms with Crippen molar-refractivity contribution in [3.05, 3.63) is 152 Å². The lowest BCUT2D eigenvalue weighted by Crippen LogP contribution is -2.06. The molecule has 0 aliphatic heterocycles. The molecule has 7 aromatic carbocycles. The molecule has 0 N–H and O–H groups in total. The second-order valence-electron chi connectivity index (χ2n) is 11.9. The average molecular weight is 616 g/mol. The van der Waals surface area contributed by atoms with Gasteiger partial charge in [-0.2, -0.15) is 9.97 Å². The van der Waals surface area contributed by atoms with Crippen molar-refractivity contribution in [2.75, 3.05) is 0 Å². The predicted octanol–water partition coefficient (Wildman–Crippen LogP) is 10.4. The number of hydrogen-bond donors (Lipinski definition) is 0. The van der Waals surface area contributed by atoms with Crippen LogP contribution >= 0.6 is 0 Å². The van der Waals surface area contributed by atoms with Gasteiger partial charge in [0.15, 0.2) is 17.2 Å². The molecule has 0 spiro atoms. The van der Waals surface area contributed by atoms with Crippen molar-refractivity contribution in [2.45, 2.75) is 0 Å². The van der Waals surface area contributed by atoms with E-state index in [0.29, 0.717) is 23.5 Å². The van der Waals surface area contributed by atoms with Gasteiger partial charge in [-0.25, -0.2) is 9.97 Å². The van der Waals surface area contributed by atoms with E-state index in [-0.39, 0.29) is 0 Å². The first-order chi connectivity index (χ1) is 23.8. The van der Waals surface area contributed by atoms with Crippen molar-refractivity contribution < 1.29 is 4.42 Å². The topological polar surface area (TPSA) is 69.6 Å². The zero-order valence-electron chi connectivity index (χ0n) is 25.6. The van der Waals surface area contributed by atoms with E-state index in [0.717, 1.165) is 65.8 Å². The van der Waals surface area contributed by atoms with Crippen LogP contribution in [0.5, 0.6) is 0 Å². The summed E-state index contributed by atoms with van der Waals surface area (Å²) >= 11 is 0. The average Bonchev–Trinajstić information content (AvgIpc) is 3.76. The summed E-state index contributed by atoms with van der Waals surface area (Å²) < 4.78 is 8.88. The number of nitrogens with zero attached hydrogens (tertiary/aromatic N) is 5. The fourth-order valence-corrected chi connectivity index (χ4v) is 6.95. The number of oxazole rings is 1. The van der Waals surface area contributed by atoms with Gasteiger partial charge < -0.3 is 4.42 Å². The standard InChI is InChI=1S/C42H25N5O/c1-4-14-26(15-5-1)39-44-40(27-16-6-2-7-17-27)46-42(45-39)47-34-25-24-33-38(48-41(43-33)28-18-8-3-9-19-28)36(34)35-31-22-12-10-20-29(31)30-21-11-13-23-32(30)37(35)47/h1-25H. The van der Waals surface area contributed by atoms with E-state index >= 15 is 0 Å². The molecule has 3 heterocycles. The highest BCUT2D eigenvalue weighted by Crippen LogP contribution is 2.45. The van der Waals surface area contributed by atoms with Gasteiger partial charge in [0.05, 0.1) is 16.4 Å². The summed E-state index contributed by atoms with van der Waals surface area (Å²) in [7, 11) is 0. The Bertz CT molecular complexity index is 2770. The van der Waals surface area contributed by atoms with E-state index in [1.165, 1.54) is 5.39 Å². The summed E-state index contributed by atoms with van der Waals surface area (Å²) in [5.74, 6) is 2.32. The van der Waals surface area contributed by atoms with E-state index in [1.807, 2.05) is 97.1 Å². The van der Waals surface area contributed by atoms with E-state index in [2.05, 4.69) is 59.2 Å². The summed E-state index contributed by atoms with van der Waals surface area (Å²) in [5, 5.41) is 6.60. The van der Waals surface area contributed by atoms with Crippen molar-refractivity contribution in [2.24, 2.45) is 0 Å². The first kappa shape index (κ1) is 26.5. The molecule has 48 heavy (non-hydrogen) atoms. The minimum atomic E-state index is 0.533. The van der Waals surface area contributed by atoms with Crippen LogP contribution in [0.1, 0.15) is 0 Å². The van der Waals surface area contributed by atoms with Gasteiger partial charge in [-0.05, 0) is 40.4 Å². The van der Waals surface area contributed by atoms with Crippen LogP contribution in [-0.4, -0.2) is 24.5 Å². The second kappa shape index (κ2) is 10.4. The normalized spacial score (nSPS) is 11.8. The lowest BCUT2D eigenvalue weighted by atomic mass is 9.96. The first-order valence-electron chi connectivity index (χ1n) is 15.9. The number of benzene rings is 7. The number of hydrogen-bond acceptors (Lipinski definition) is 5. The third kappa shape index (κ3) is 3.99. The number of rotatable bonds is 4. The monoisotopic (exact) mass is 615 g/mol. The summed E-state index contributed by atoms with van der Waals surface area (Å²) in [6, 6.07) is 51.5. The number of aromatic nitrogens is 5. The van der Waals surface area contributed by atoms with Gasteiger partial charge in [-0.1, -0.05) is 127 Å². The molecule has 10 aromatic rings. The van der Waals surface area contributed by atoms with Gasteiger partial charge in [-0.15, -0.1) is 0 Å². The summed E-state index contributed by atoms with van der Waals surface area (Å²) in [5.41, 5.74) is 6.23. The minimum Gasteiger partial charge on any atom is -0.435 e. The fraction of sp³-hybridized carbons (Fsp3) is 0. The van der Waals surface area contributed by atoms with Crippen molar-refractivity contribution >= 4 is 54.5 Å². The van der Waals surface area contributed by atoms with Crippen LogP contribution in [0.3, 0.4) is 0 Å². The van der Waals surface area contributed by atoms with Gasteiger partial charge in [-0.3, -0.25) is 4.57 Å². The Hall–Kier alpha value is -6.66. The van der Waals surface area contributed by atoms with Crippen LogP contribution < -0.4 is 0 Å². The van der Waals surface area contributed by atoms with Crippen molar-refractivity contribution in [3.8, 4) is 40.2 Å². The number of fused-ring (bicyclic) bond motifs is 10. The van der Waals surface area contributed by atoms with Crippen LogP contribution in [0.15, 0.2) is 156 Å². The highest BCUT2D eigenvalue weighted by atomic mass is 16.3. The Kier molecular flexibility index (Phi) is 5.77. The highest BCUT2D eigenvalue weighted by molar-refractivity contribution is 6.35. The van der Waals surface area contributed by atoms with Crippen LogP contribution in [0.4, 0.5) is 0 Å². The van der Waals surface area contributed by atoms with Gasteiger partial charge in [0.1, 0.15) is 5.52 Å². The quantitative estimate of drug-likeness (QED) is 0.184. The zero-order valence-corrected chi connectivity index (χ0v) is 25.6. The van der Waals surface area contributed by atoms with Crippen LogP contribution in [0.25, 0.3) is 94.6 Å². The summed E-state index contributed by atoms with van der Waals surface area (Å²) in [6.07, 6.45) is 0. The first-order valence-corrected chi connectivity index (χ1v) is 15.9. The Balaban J connectivity index is 1.40. The van der Waals surface area contributed by atoms with Crippen LogP contribution in [0.2, 0.25) is 0 Å². The molecular formula is C42H25N5O. The van der Waals surface area contributed by atoms with Crippen molar-refractivity contribution in [1.29, 1.82) is 0 Å². The Morgan fingerprint density at radius 3 is 1.56 bits per heavy atom. The lowest BCUT2D eigenvalue weighted by Gasteiger charge is -2.13. The maximum absolute atomic E-state index is 6.69. The molecule has 6 nitrogen and oxygen atoms in total. The minimum absolute atomic E-state index is 0.533. The smallest absolute Gasteiger partial charge is 0.238 e. The lowest BCUT2D eigenvalue weighted by molar-refractivity contribution is 0.623.